The first-order valence-electron chi connectivity index (χ1n) is 5.33. The van der Waals surface area contributed by atoms with Crippen molar-refractivity contribution in [1.82, 2.24) is 4.90 Å². The van der Waals surface area contributed by atoms with Crippen molar-refractivity contribution < 1.29 is 9.59 Å². The van der Waals surface area contributed by atoms with Crippen LogP contribution in [0.15, 0.2) is 30.5 Å². The molecule has 4 nitrogen and oxygen atoms in total. The van der Waals surface area contributed by atoms with Crippen molar-refractivity contribution in [3.63, 3.8) is 0 Å². The van der Waals surface area contributed by atoms with Gasteiger partial charge in [-0.3, -0.25) is 9.59 Å². The zero-order valence-corrected chi connectivity index (χ0v) is 11.5. The molecule has 1 heterocycles. The number of nitrogens with zero attached hydrogens (tertiary/aromatic N) is 2. The highest BCUT2D eigenvalue weighted by Crippen LogP contribution is 2.18. The van der Waals surface area contributed by atoms with Gasteiger partial charge in [0.25, 0.3) is 5.91 Å². The van der Waals surface area contributed by atoms with Gasteiger partial charge in [0.2, 0.25) is 0 Å². The minimum absolute atomic E-state index is 0.0273. The lowest BCUT2D eigenvalue weighted by Crippen LogP contribution is -2.31. The first-order valence-corrected chi connectivity index (χ1v) is 6.41. The minimum atomic E-state index is -0.180. The largest absolute Gasteiger partial charge is 0.314 e. The molecule has 0 N–H and O–H groups in total. The lowest BCUT2D eigenvalue weighted by Gasteiger charge is -2.21. The van der Waals surface area contributed by atoms with Crippen LogP contribution < -0.4 is 0 Å². The number of rotatable bonds is 1. The highest BCUT2D eigenvalue weighted by molar-refractivity contribution is 14.1. The van der Waals surface area contributed by atoms with Crippen LogP contribution in [-0.4, -0.2) is 23.1 Å². The number of hydrogen-bond acceptors (Lipinski definition) is 3. The van der Waals surface area contributed by atoms with Gasteiger partial charge in [0, 0.05) is 22.7 Å². The number of ketones is 1. The van der Waals surface area contributed by atoms with Crippen molar-refractivity contribution in [2.24, 2.45) is 0 Å². The number of benzene rings is 1. The molecule has 0 fully saturated rings. The minimum Gasteiger partial charge on any atom is -0.314 e. The third kappa shape index (κ3) is 2.59. The van der Waals surface area contributed by atoms with Gasteiger partial charge >= 0.3 is 0 Å². The Labute approximate surface area is 118 Å². The van der Waals surface area contributed by atoms with Crippen LogP contribution >= 0.6 is 22.6 Å². The summed E-state index contributed by atoms with van der Waals surface area (Å²) >= 11 is 2.06. The molecular formula is C13H9IN2O2. The molecule has 1 aromatic carbocycles. The lowest BCUT2D eigenvalue weighted by atomic mass is 10.1. The fraction of sp³-hybridized carbons (Fsp3) is 0.154. The Morgan fingerprint density at radius 2 is 2.22 bits per heavy atom. The Morgan fingerprint density at radius 1 is 1.44 bits per heavy atom. The average Bonchev–Trinajstić information content (AvgIpc) is 2.39. The Morgan fingerprint density at radius 3 is 2.83 bits per heavy atom. The third-order valence-corrected chi connectivity index (χ3v) is 3.57. The van der Waals surface area contributed by atoms with E-state index in [9.17, 15) is 9.59 Å². The second kappa shape index (κ2) is 5.31. The topological polar surface area (TPSA) is 61.2 Å². The molecule has 0 unspecified atom stereocenters. The summed E-state index contributed by atoms with van der Waals surface area (Å²) in [5.74, 6) is -0.153. The van der Waals surface area contributed by atoms with Gasteiger partial charge in [0.1, 0.15) is 0 Å². The van der Waals surface area contributed by atoms with Gasteiger partial charge in [0.15, 0.2) is 5.78 Å². The molecule has 0 saturated carbocycles. The molecule has 0 aromatic heterocycles. The fourth-order valence-corrected chi connectivity index (χ4v) is 2.21. The molecule has 0 aliphatic carbocycles. The zero-order valence-electron chi connectivity index (χ0n) is 9.39. The van der Waals surface area contributed by atoms with E-state index in [-0.39, 0.29) is 11.7 Å². The van der Waals surface area contributed by atoms with E-state index in [1.54, 1.807) is 18.2 Å². The molecule has 1 amide bonds. The molecule has 0 saturated heterocycles. The summed E-state index contributed by atoms with van der Waals surface area (Å²) in [5, 5.41) is 8.84. The summed E-state index contributed by atoms with van der Waals surface area (Å²) in [5.41, 5.74) is 0.949. The summed E-state index contributed by atoms with van der Waals surface area (Å²) in [6.45, 7) is 0.390. The van der Waals surface area contributed by atoms with Crippen molar-refractivity contribution in [2.75, 3.05) is 6.54 Å². The van der Waals surface area contributed by atoms with Crippen molar-refractivity contribution >= 4 is 34.3 Å². The van der Waals surface area contributed by atoms with Crippen molar-refractivity contribution in [3.05, 3.63) is 45.2 Å². The van der Waals surface area contributed by atoms with Gasteiger partial charge in [0.05, 0.1) is 17.2 Å². The first kappa shape index (κ1) is 12.8. The molecule has 2 rings (SSSR count). The average molecular weight is 352 g/mol. The van der Waals surface area contributed by atoms with Crippen LogP contribution in [0.3, 0.4) is 0 Å². The van der Waals surface area contributed by atoms with Crippen LogP contribution in [0.1, 0.15) is 22.3 Å². The number of amides is 1. The Hall–Kier alpha value is -1.68. The van der Waals surface area contributed by atoms with Gasteiger partial charge in [-0.05, 0) is 46.9 Å². The summed E-state index contributed by atoms with van der Waals surface area (Å²) in [6, 6.07) is 7.01. The van der Waals surface area contributed by atoms with E-state index in [1.807, 2.05) is 6.07 Å². The Bertz CT molecular complexity index is 587. The molecular weight excluding hydrogens is 343 g/mol. The molecule has 90 valence electrons. The smallest absolute Gasteiger partial charge is 0.258 e. The van der Waals surface area contributed by atoms with E-state index in [2.05, 4.69) is 22.6 Å². The SMILES string of the molecule is N#Cc1ccc(I)c(C(=O)N2C=CC(=O)CC2)c1. The van der Waals surface area contributed by atoms with Crippen LogP contribution in [0.25, 0.3) is 0 Å². The van der Waals surface area contributed by atoms with Crippen molar-refractivity contribution in [3.8, 4) is 6.07 Å². The summed E-state index contributed by atoms with van der Waals surface area (Å²) < 4.78 is 0.793. The van der Waals surface area contributed by atoms with Gasteiger partial charge < -0.3 is 4.90 Å². The first-order chi connectivity index (χ1) is 8.61. The number of carbonyl (C=O) groups is 2. The summed E-state index contributed by atoms with van der Waals surface area (Å²) in [6.07, 6.45) is 3.25. The predicted octanol–water partition coefficient (Wildman–Crippen LogP) is 2.09. The van der Waals surface area contributed by atoms with Crippen LogP contribution in [0.2, 0.25) is 0 Å². The van der Waals surface area contributed by atoms with Gasteiger partial charge in [-0.1, -0.05) is 0 Å². The zero-order chi connectivity index (χ0) is 13.1. The van der Waals surface area contributed by atoms with E-state index in [0.717, 1.165) is 3.57 Å². The Kier molecular flexibility index (Phi) is 3.77. The van der Waals surface area contributed by atoms with E-state index in [4.69, 9.17) is 5.26 Å². The third-order valence-electron chi connectivity index (χ3n) is 2.63. The molecule has 0 radical (unpaired) electrons. The molecule has 1 aromatic rings. The van der Waals surface area contributed by atoms with Gasteiger partial charge in [-0.2, -0.15) is 5.26 Å². The normalized spacial score (nSPS) is 14.4. The van der Waals surface area contributed by atoms with Gasteiger partial charge in [-0.15, -0.1) is 0 Å². The predicted molar refractivity (Wildman–Crippen MR) is 73.7 cm³/mol. The van der Waals surface area contributed by atoms with Crippen LogP contribution in [0.5, 0.6) is 0 Å². The summed E-state index contributed by atoms with van der Waals surface area (Å²) in [4.78, 5) is 24.8. The summed E-state index contributed by atoms with van der Waals surface area (Å²) in [7, 11) is 0. The Balaban J connectivity index is 2.32. The van der Waals surface area contributed by atoms with E-state index in [1.165, 1.54) is 17.2 Å². The highest BCUT2D eigenvalue weighted by atomic mass is 127. The molecule has 0 spiro atoms. The molecule has 18 heavy (non-hydrogen) atoms. The number of halogens is 1. The quantitative estimate of drug-likeness (QED) is 0.728. The lowest BCUT2D eigenvalue weighted by molar-refractivity contribution is -0.115. The molecule has 5 heteroatoms. The number of hydrogen-bond donors (Lipinski definition) is 0. The van der Waals surface area contributed by atoms with Crippen molar-refractivity contribution in [1.29, 1.82) is 5.26 Å². The molecule has 0 atom stereocenters. The van der Waals surface area contributed by atoms with E-state index >= 15 is 0 Å². The maximum Gasteiger partial charge on any atom is 0.258 e. The number of nitriles is 1. The number of carbonyl (C=O) groups excluding carboxylic acids is 2. The van der Waals surface area contributed by atoms with E-state index < -0.39 is 0 Å². The standard InChI is InChI=1S/C13H9IN2O2/c14-12-2-1-9(8-15)7-11(12)13(18)16-5-3-10(17)4-6-16/h1-3,5,7H,4,6H2. The fourth-order valence-electron chi connectivity index (χ4n) is 1.64. The van der Waals surface area contributed by atoms with Crippen molar-refractivity contribution in [2.45, 2.75) is 6.42 Å². The van der Waals surface area contributed by atoms with E-state index in [0.29, 0.717) is 24.1 Å². The maximum atomic E-state index is 12.2. The highest BCUT2D eigenvalue weighted by Gasteiger charge is 2.20. The molecule has 0 bridgehead atoms. The van der Waals surface area contributed by atoms with Crippen LogP contribution in [-0.2, 0) is 4.79 Å². The maximum absolute atomic E-state index is 12.2. The van der Waals surface area contributed by atoms with Crippen LogP contribution in [0.4, 0.5) is 0 Å². The van der Waals surface area contributed by atoms with Gasteiger partial charge in [-0.25, -0.2) is 0 Å². The second-order valence-corrected chi connectivity index (χ2v) is 5.00. The van der Waals surface area contributed by atoms with Crippen LogP contribution in [0, 0.1) is 14.9 Å². The number of allylic oxidation sites excluding steroid dienone is 1. The second-order valence-electron chi connectivity index (χ2n) is 3.84. The molecule has 1 aliphatic heterocycles. The molecule has 1 aliphatic rings. The monoisotopic (exact) mass is 352 g/mol.